The first-order valence-corrected chi connectivity index (χ1v) is 8.01. The topological polar surface area (TPSA) is 136 Å². The number of aryl methyl sites for hydroxylation is 1. The van der Waals surface area contributed by atoms with E-state index in [9.17, 15) is 9.59 Å². The number of aromatic amines is 1. The van der Waals surface area contributed by atoms with Crippen LogP contribution in [0.25, 0.3) is 0 Å². The van der Waals surface area contributed by atoms with Gasteiger partial charge in [-0.2, -0.15) is 10.1 Å². The molecule has 2 amide bonds. The highest BCUT2D eigenvalue weighted by Gasteiger charge is 2.42. The Morgan fingerprint density at radius 3 is 2.58 bits per heavy atom. The molecule has 0 saturated carbocycles. The van der Waals surface area contributed by atoms with Crippen molar-refractivity contribution in [2.45, 2.75) is 12.8 Å². The molecular weight excluding hydrogens is 340 g/mol. The molecule has 2 atom stereocenters. The van der Waals surface area contributed by atoms with Gasteiger partial charge >= 0.3 is 0 Å². The zero-order chi connectivity index (χ0) is 18.8. The number of hydrogen-bond acceptors (Lipinski definition) is 7. The van der Waals surface area contributed by atoms with Crippen LogP contribution in [0.4, 0.5) is 0 Å². The molecule has 1 aliphatic heterocycles. The minimum absolute atomic E-state index is 0.155. The third kappa shape index (κ3) is 3.17. The molecular formula is C16H20N6O4. The Morgan fingerprint density at radius 1 is 1.23 bits per heavy atom. The van der Waals surface area contributed by atoms with Gasteiger partial charge in [0.15, 0.2) is 5.82 Å². The number of amides is 2. The lowest BCUT2D eigenvalue weighted by Gasteiger charge is -2.17. The monoisotopic (exact) mass is 360 g/mol. The molecule has 10 heteroatoms. The standard InChI is InChI=1S/C16H20N6O4/c1-8-18-14(21-20-8)11-7-22(6-10(11)13(17)23)16(24)9-4-5-12(25-2)19-15(9)26-3/h4-5,10-11H,6-7H2,1-3H3,(H2,17,23)(H,18,20,21)/t10-,11-/m1/s1. The van der Waals surface area contributed by atoms with Crippen LogP contribution in [0.5, 0.6) is 11.8 Å². The number of aromatic nitrogens is 4. The molecule has 2 aromatic heterocycles. The number of nitrogens with two attached hydrogens (primary N) is 1. The van der Waals surface area contributed by atoms with Gasteiger partial charge < -0.3 is 20.1 Å². The molecule has 0 aliphatic carbocycles. The molecule has 1 saturated heterocycles. The Morgan fingerprint density at radius 2 is 2.00 bits per heavy atom. The lowest BCUT2D eigenvalue weighted by molar-refractivity contribution is -0.121. The summed E-state index contributed by atoms with van der Waals surface area (Å²) in [6, 6.07) is 3.16. The number of likely N-dealkylation sites (tertiary alicyclic amines) is 1. The number of carbonyl (C=O) groups excluding carboxylic acids is 2. The highest BCUT2D eigenvalue weighted by Crippen LogP contribution is 2.32. The number of nitrogens with one attached hydrogen (secondary N) is 1. The second-order valence-electron chi connectivity index (χ2n) is 6.01. The van der Waals surface area contributed by atoms with Gasteiger partial charge in [-0.25, -0.2) is 4.98 Å². The number of carbonyl (C=O) groups is 2. The average molecular weight is 360 g/mol. The highest BCUT2D eigenvalue weighted by atomic mass is 16.5. The van der Waals surface area contributed by atoms with Crippen LogP contribution in [-0.4, -0.2) is 64.2 Å². The van der Waals surface area contributed by atoms with Crippen LogP contribution < -0.4 is 15.2 Å². The van der Waals surface area contributed by atoms with Crippen LogP contribution in [0.3, 0.4) is 0 Å². The zero-order valence-corrected chi connectivity index (χ0v) is 14.7. The van der Waals surface area contributed by atoms with Crippen molar-refractivity contribution in [1.82, 2.24) is 25.1 Å². The lowest BCUT2D eigenvalue weighted by Crippen LogP contribution is -2.32. The van der Waals surface area contributed by atoms with Crippen molar-refractivity contribution in [3.63, 3.8) is 0 Å². The van der Waals surface area contributed by atoms with Crippen LogP contribution in [0.2, 0.25) is 0 Å². The van der Waals surface area contributed by atoms with Crippen molar-refractivity contribution in [1.29, 1.82) is 0 Å². The molecule has 0 radical (unpaired) electrons. The smallest absolute Gasteiger partial charge is 0.259 e. The molecule has 0 spiro atoms. The number of pyridine rings is 1. The lowest BCUT2D eigenvalue weighted by atomic mass is 9.95. The fourth-order valence-electron chi connectivity index (χ4n) is 3.07. The molecule has 10 nitrogen and oxygen atoms in total. The first-order valence-electron chi connectivity index (χ1n) is 8.01. The number of H-pyrrole nitrogens is 1. The molecule has 0 aromatic carbocycles. The van der Waals surface area contributed by atoms with E-state index in [4.69, 9.17) is 15.2 Å². The maximum absolute atomic E-state index is 12.9. The van der Waals surface area contributed by atoms with Gasteiger partial charge in [-0.3, -0.25) is 14.7 Å². The van der Waals surface area contributed by atoms with E-state index in [-0.39, 0.29) is 36.4 Å². The van der Waals surface area contributed by atoms with Gasteiger partial charge in [0.05, 0.1) is 26.1 Å². The SMILES string of the molecule is COc1ccc(C(=O)N2C[C@@H](C(N)=O)[C@H](c3n[nH]c(C)n3)C2)c(OC)n1. The maximum atomic E-state index is 12.9. The van der Waals surface area contributed by atoms with Crippen molar-refractivity contribution >= 4 is 11.8 Å². The largest absolute Gasteiger partial charge is 0.481 e. The van der Waals surface area contributed by atoms with Crippen molar-refractivity contribution in [3.8, 4) is 11.8 Å². The van der Waals surface area contributed by atoms with Gasteiger partial charge in [-0.05, 0) is 13.0 Å². The van der Waals surface area contributed by atoms with Crippen molar-refractivity contribution < 1.29 is 19.1 Å². The van der Waals surface area contributed by atoms with Gasteiger partial charge in [0.25, 0.3) is 5.91 Å². The van der Waals surface area contributed by atoms with E-state index in [0.717, 1.165) is 0 Å². The Labute approximate surface area is 149 Å². The van der Waals surface area contributed by atoms with Gasteiger partial charge in [-0.1, -0.05) is 0 Å². The predicted octanol–water partition coefficient (Wildman–Crippen LogP) is -0.134. The summed E-state index contributed by atoms with van der Waals surface area (Å²) in [5.74, 6) is -0.128. The van der Waals surface area contributed by atoms with Crippen LogP contribution in [0.15, 0.2) is 12.1 Å². The molecule has 1 aliphatic rings. The molecule has 3 heterocycles. The highest BCUT2D eigenvalue weighted by molar-refractivity contribution is 5.97. The Kier molecular flexibility index (Phi) is 4.74. The Bertz CT molecular complexity index is 836. The van der Waals surface area contributed by atoms with Gasteiger partial charge in [-0.15, -0.1) is 0 Å². The molecule has 3 N–H and O–H groups in total. The summed E-state index contributed by atoms with van der Waals surface area (Å²) in [5.41, 5.74) is 5.81. The summed E-state index contributed by atoms with van der Waals surface area (Å²) < 4.78 is 10.2. The number of primary amides is 1. The van der Waals surface area contributed by atoms with E-state index in [1.165, 1.54) is 19.1 Å². The maximum Gasteiger partial charge on any atom is 0.259 e. The van der Waals surface area contributed by atoms with Crippen LogP contribution in [0.1, 0.15) is 27.9 Å². The van der Waals surface area contributed by atoms with Crippen LogP contribution in [0, 0.1) is 12.8 Å². The second-order valence-corrected chi connectivity index (χ2v) is 6.01. The van der Waals surface area contributed by atoms with E-state index in [0.29, 0.717) is 17.5 Å². The minimum atomic E-state index is -0.564. The summed E-state index contributed by atoms with van der Waals surface area (Å²) in [6.45, 7) is 2.22. The summed E-state index contributed by atoms with van der Waals surface area (Å²) in [5, 5.41) is 6.87. The molecule has 3 rings (SSSR count). The summed E-state index contributed by atoms with van der Waals surface area (Å²) in [7, 11) is 2.90. The first-order chi connectivity index (χ1) is 12.4. The molecule has 0 unspecified atom stereocenters. The molecule has 138 valence electrons. The summed E-state index contributed by atoms with van der Waals surface area (Å²) >= 11 is 0. The minimum Gasteiger partial charge on any atom is -0.481 e. The molecule has 0 bridgehead atoms. The van der Waals surface area contributed by atoms with Gasteiger partial charge in [0, 0.05) is 19.2 Å². The zero-order valence-electron chi connectivity index (χ0n) is 14.7. The third-order valence-electron chi connectivity index (χ3n) is 4.39. The third-order valence-corrected chi connectivity index (χ3v) is 4.39. The van der Waals surface area contributed by atoms with Crippen molar-refractivity contribution in [2.24, 2.45) is 11.7 Å². The fraction of sp³-hybridized carbons (Fsp3) is 0.438. The van der Waals surface area contributed by atoms with Gasteiger partial charge in [0.2, 0.25) is 17.7 Å². The van der Waals surface area contributed by atoms with E-state index in [1.807, 2.05) is 0 Å². The number of rotatable bonds is 5. The van der Waals surface area contributed by atoms with E-state index in [1.54, 1.807) is 19.1 Å². The second kappa shape index (κ2) is 6.98. The predicted molar refractivity (Wildman–Crippen MR) is 89.8 cm³/mol. The van der Waals surface area contributed by atoms with E-state index in [2.05, 4.69) is 20.2 Å². The van der Waals surface area contributed by atoms with Gasteiger partial charge in [0.1, 0.15) is 11.4 Å². The van der Waals surface area contributed by atoms with Crippen molar-refractivity contribution in [2.75, 3.05) is 27.3 Å². The number of methoxy groups -OCH3 is 2. The number of nitrogens with zero attached hydrogens (tertiary/aromatic N) is 4. The Balaban J connectivity index is 1.88. The Hall–Kier alpha value is -3.17. The molecule has 26 heavy (non-hydrogen) atoms. The van der Waals surface area contributed by atoms with Crippen LogP contribution >= 0.6 is 0 Å². The van der Waals surface area contributed by atoms with E-state index >= 15 is 0 Å². The first kappa shape index (κ1) is 17.6. The van der Waals surface area contributed by atoms with E-state index < -0.39 is 11.8 Å². The summed E-state index contributed by atoms with van der Waals surface area (Å²) in [4.78, 5) is 34.8. The summed E-state index contributed by atoms with van der Waals surface area (Å²) in [6.07, 6.45) is 0. The molecule has 1 fully saturated rings. The van der Waals surface area contributed by atoms with Crippen molar-refractivity contribution in [3.05, 3.63) is 29.3 Å². The quantitative estimate of drug-likeness (QED) is 0.757. The number of hydrogen-bond donors (Lipinski definition) is 2. The normalized spacial score (nSPS) is 19.4. The number of ether oxygens (including phenoxy) is 2. The average Bonchev–Trinajstić information content (AvgIpc) is 3.26. The fourth-order valence-corrected chi connectivity index (χ4v) is 3.07. The van der Waals surface area contributed by atoms with Crippen LogP contribution in [-0.2, 0) is 4.79 Å². The molecule has 2 aromatic rings.